The van der Waals surface area contributed by atoms with Crippen LogP contribution in [0.3, 0.4) is 0 Å². The number of carbonyl (C=O) groups excluding carboxylic acids is 1. The van der Waals surface area contributed by atoms with Gasteiger partial charge >= 0.3 is 11.9 Å². The zero-order chi connectivity index (χ0) is 18.7. The van der Waals surface area contributed by atoms with E-state index in [0.29, 0.717) is 24.4 Å². The van der Waals surface area contributed by atoms with Gasteiger partial charge in [0.25, 0.3) is 0 Å². The molecule has 3 rings (SSSR count). The maximum Gasteiger partial charge on any atom is 0.351 e. The fourth-order valence-electron chi connectivity index (χ4n) is 4.16. The van der Waals surface area contributed by atoms with Gasteiger partial charge in [-0.2, -0.15) is 0 Å². The molecule has 0 spiro atoms. The molecule has 0 bridgehead atoms. The Morgan fingerprint density at radius 1 is 1.31 bits per heavy atom. The third-order valence-corrected chi connectivity index (χ3v) is 5.81. The molecular weight excluding hydrogens is 326 g/mol. The molecule has 5 heteroatoms. The van der Waals surface area contributed by atoms with Crippen LogP contribution in [-0.2, 0) is 4.79 Å². The smallest absolute Gasteiger partial charge is 0.351 e. The van der Waals surface area contributed by atoms with E-state index >= 15 is 0 Å². The second-order valence-electron chi connectivity index (χ2n) is 8.18. The molecule has 1 aliphatic heterocycles. The Morgan fingerprint density at radius 2 is 2.04 bits per heavy atom. The lowest BCUT2D eigenvalue weighted by Crippen LogP contribution is -2.89. The summed E-state index contributed by atoms with van der Waals surface area (Å²) in [6.07, 6.45) is 6.95. The minimum absolute atomic E-state index is 0.0144. The molecule has 5 nitrogen and oxygen atoms in total. The van der Waals surface area contributed by atoms with Gasteiger partial charge in [0, 0.05) is 6.42 Å². The van der Waals surface area contributed by atoms with Crippen molar-refractivity contribution in [3.05, 3.63) is 29.8 Å². The highest BCUT2D eigenvalue weighted by molar-refractivity contribution is 6.01. The first kappa shape index (κ1) is 18.7. The lowest BCUT2D eigenvalue weighted by molar-refractivity contribution is -0.535. The van der Waals surface area contributed by atoms with Crippen LogP contribution in [0.2, 0.25) is 0 Å². The molecule has 3 N–H and O–H groups in total. The maximum absolute atomic E-state index is 13.0. The van der Waals surface area contributed by atoms with Crippen LogP contribution in [0.15, 0.2) is 24.3 Å². The lowest BCUT2D eigenvalue weighted by atomic mass is 9.79. The summed E-state index contributed by atoms with van der Waals surface area (Å²) in [6, 6.07) is 8.13. The average molecular weight is 359 g/mol. The third kappa shape index (κ3) is 3.87. The van der Waals surface area contributed by atoms with Crippen molar-refractivity contribution in [1.82, 2.24) is 4.90 Å². The molecule has 1 saturated carbocycles. The first-order valence-electron chi connectivity index (χ1n) is 9.83. The molecule has 142 valence electrons. The van der Waals surface area contributed by atoms with E-state index in [1.165, 1.54) is 42.6 Å². The summed E-state index contributed by atoms with van der Waals surface area (Å²) in [5.41, 5.74) is 6.52. The van der Waals surface area contributed by atoms with Gasteiger partial charge in [-0.25, -0.2) is 4.90 Å². The van der Waals surface area contributed by atoms with E-state index in [4.69, 9.17) is 10.5 Å². The molecule has 1 fully saturated rings. The van der Waals surface area contributed by atoms with Crippen molar-refractivity contribution in [3.8, 4) is 5.75 Å². The Balaban J connectivity index is 1.78. The third-order valence-electron chi connectivity index (χ3n) is 5.81. The van der Waals surface area contributed by atoms with Crippen LogP contribution < -0.4 is 15.5 Å². The molecule has 1 heterocycles. The summed E-state index contributed by atoms with van der Waals surface area (Å²) in [5, 5.41) is 0. The predicted octanol–water partition coefficient (Wildman–Crippen LogP) is 1.77. The highest BCUT2D eigenvalue weighted by Crippen LogP contribution is 2.31. The molecule has 0 aromatic heterocycles. The SMILES string of the molecule is CC(C)c1cccc(OCC2(CC3CCCCC3)[NH+]=C(N)N(C)C2=O)c1. The fourth-order valence-corrected chi connectivity index (χ4v) is 4.16. The van der Waals surface area contributed by atoms with E-state index < -0.39 is 5.54 Å². The summed E-state index contributed by atoms with van der Waals surface area (Å²) in [7, 11) is 1.73. The van der Waals surface area contributed by atoms with Crippen molar-refractivity contribution in [1.29, 1.82) is 0 Å². The van der Waals surface area contributed by atoms with Gasteiger partial charge in [0.1, 0.15) is 12.4 Å². The fraction of sp³-hybridized carbons (Fsp3) is 0.619. The second-order valence-corrected chi connectivity index (χ2v) is 8.18. The first-order chi connectivity index (χ1) is 12.4. The van der Waals surface area contributed by atoms with Crippen molar-refractivity contribution < 1.29 is 14.5 Å². The van der Waals surface area contributed by atoms with E-state index in [2.05, 4.69) is 31.0 Å². The van der Waals surface area contributed by atoms with Gasteiger partial charge in [-0.1, -0.05) is 58.1 Å². The quantitative estimate of drug-likeness (QED) is 0.814. The summed E-state index contributed by atoms with van der Waals surface area (Å²) < 4.78 is 6.11. The van der Waals surface area contributed by atoms with Crippen molar-refractivity contribution in [2.45, 2.75) is 63.8 Å². The monoisotopic (exact) mass is 358 g/mol. The predicted molar refractivity (Wildman–Crippen MR) is 103 cm³/mol. The Hall–Kier alpha value is -2.04. The number of amides is 1. The Kier molecular flexibility index (Phi) is 5.54. The summed E-state index contributed by atoms with van der Waals surface area (Å²) in [6.45, 7) is 4.63. The molecule has 1 aromatic carbocycles. The molecule has 1 unspecified atom stereocenters. The van der Waals surface area contributed by atoms with E-state index in [1.807, 2.05) is 12.1 Å². The van der Waals surface area contributed by atoms with E-state index in [9.17, 15) is 4.79 Å². The molecule has 1 aromatic rings. The number of hydrogen-bond donors (Lipinski definition) is 2. The molecule has 0 radical (unpaired) electrons. The van der Waals surface area contributed by atoms with E-state index in [0.717, 1.165) is 12.2 Å². The molecular formula is C21H32N3O2+. The number of nitrogens with two attached hydrogens (primary N) is 1. The van der Waals surface area contributed by atoms with Gasteiger partial charge in [0.2, 0.25) is 5.54 Å². The number of guanidine groups is 1. The largest absolute Gasteiger partial charge is 0.489 e. The van der Waals surface area contributed by atoms with Crippen molar-refractivity contribution >= 4 is 11.9 Å². The molecule has 26 heavy (non-hydrogen) atoms. The van der Waals surface area contributed by atoms with E-state index in [1.54, 1.807) is 7.05 Å². The number of nitrogens with zero attached hydrogens (tertiary/aromatic N) is 1. The van der Waals surface area contributed by atoms with Crippen LogP contribution in [0.1, 0.15) is 63.9 Å². The molecule has 2 aliphatic rings. The number of hydrogen-bond acceptors (Lipinski definition) is 3. The van der Waals surface area contributed by atoms with Crippen LogP contribution in [0.4, 0.5) is 0 Å². The van der Waals surface area contributed by atoms with Crippen LogP contribution >= 0.6 is 0 Å². The van der Waals surface area contributed by atoms with Gasteiger partial charge in [-0.15, -0.1) is 0 Å². The highest BCUT2D eigenvalue weighted by Gasteiger charge is 2.52. The zero-order valence-corrected chi connectivity index (χ0v) is 16.3. The number of likely N-dealkylation sites (N-methyl/N-ethyl adjacent to an activating group) is 1. The van der Waals surface area contributed by atoms with Gasteiger partial charge in [0.15, 0.2) is 0 Å². The topological polar surface area (TPSA) is 69.5 Å². The summed E-state index contributed by atoms with van der Waals surface area (Å²) >= 11 is 0. The number of rotatable bonds is 6. The number of ether oxygens (including phenoxy) is 1. The normalized spacial score (nSPS) is 24.2. The molecule has 1 aliphatic carbocycles. The van der Waals surface area contributed by atoms with Gasteiger partial charge in [-0.3, -0.25) is 15.5 Å². The average Bonchev–Trinajstić information content (AvgIpc) is 2.85. The van der Waals surface area contributed by atoms with Crippen molar-refractivity contribution in [2.24, 2.45) is 11.7 Å². The molecule has 1 amide bonds. The van der Waals surface area contributed by atoms with Crippen LogP contribution in [-0.4, -0.2) is 36.0 Å². The van der Waals surface area contributed by atoms with Gasteiger partial charge in [0.05, 0.1) is 7.05 Å². The first-order valence-corrected chi connectivity index (χ1v) is 9.83. The Labute approximate surface area is 156 Å². The van der Waals surface area contributed by atoms with Crippen LogP contribution in [0.25, 0.3) is 0 Å². The van der Waals surface area contributed by atoms with E-state index in [-0.39, 0.29) is 5.91 Å². The highest BCUT2D eigenvalue weighted by atomic mass is 16.5. The standard InChI is InChI=1S/C21H31N3O2/c1-15(2)17-10-7-11-18(12-17)26-14-21(13-16-8-5-4-6-9-16)19(25)24(3)20(22)23-21/h7,10-12,15-16H,4-6,8-9,13-14H2,1-3H3,(H2,22,23)/p+1. The number of benzene rings is 1. The van der Waals surface area contributed by atoms with Crippen molar-refractivity contribution in [2.75, 3.05) is 13.7 Å². The lowest BCUT2D eigenvalue weighted by Gasteiger charge is -2.29. The molecule has 0 saturated heterocycles. The second kappa shape index (κ2) is 7.68. The minimum atomic E-state index is -0.755. The number of nitrogens with one attached hydrogen (secondary N) is 1. The maximum atomic E-state index is 13.0. The number of carbonyl (C=O) groups is 1. The van der Waals surface area contributed by atoms with Crippen LogP contribution in [0, 0.1) is 5.92 Å². The van der Waals surface area contributed by atoms with Gasteiger partial charge < -0.3 is 4.74 Å². The summed E-state index contributed by atoms with van der Waals surface area (Å²) in [4.78, 5) is 17.8. The van der Waals surface area contributed by atoms with Crippen molar-refractivity contribution in [3.63, 3.8) is 0 Å². The Bertz CT molecular complexity index is 680. The minimum Gasteiger partial charge on any atom is -0.489 e. The summed E-state index contributed by atoms with van der Waals surface area (Å²) in [5.74, 6) is 2.23. The Morgan fingerprint density at radius 3 is 2.65 bits per heavy atom. The van der Waals surface area contributed by atoms with Gasteiger partial charge in [-0.05, 0) is 29.5 Å². The van der Waals surface area contributed by atoms with Crippen LogP contribution in [0.5, 0.6) is 5.75 Å². The molecule has 1 atom stereocenters. The zero-order valence-electron chi connectivity index (χ0n) is 16.3.